The summed E-state index contributed by atoms with van der Waals surface area (Å²) in [6.45, 7) is 3.64. The average Bonchev–Trinajstić information content (AvgIpc) is 2.50. The Labute approximate surface area is 129 Å². The van der Waals surface area contributed by atoms with Gasteiger partial charge in [-0.15, -0.1) is 0 Å². The maximum absolute atomic E-state index is 12.2. The lowest BCUT2D eigenvalue weighted by atomic mass is 10.1. The zero-order valence-corrected chi connectivity index (χ0v) is 12.8. The number of ether oxygens (including phenoxy) is 1. The standard InChI is InChI=1S/C17H18ClNO2/c1-12(14-8-4-3-5-9-14)19-17(20)13(2)21-16-11-7-6-10-15(16)18/h3-13H,1-2H3,(H,19,20)/t12-,13?/m0/s1. The first kappa shape index (κ1) is 15.4. The third-order valence-electron chi connectivity index (χ3n) is 3.17. The molecule has 0 aliphatic heterocycles. The second-order valence-electron chi connectivity index (χ2n) is 4.83. The number of rotatable bonds is 5. The minimum atomic E-state index is -0.615. The van der Waals surface area contributed by atoms with E-state index in [1.165, 1.54) is 0 Å². The first-order chi connectivity index (χ1) is 10.1. The van der Waals surface area contributed by atoms with Crippen LogP contribution in [0, 0.1) is 0 Å². The van der Waals surface area contributed by atoms with Crippen molar-refractivity contribution in [1.82, 2.24) is 5.32 Å². The van der Waals surface area contributed by atoms with Crippen LogP contribution >= 0.6 is 11.6 Å². The fourth-order valence-electron chi connectivity index (χ4n) is 1.94. The molecule has 0 bridgehead atoms. The van der Waals surface area contributed by atoms with Gasteiger partial charge in [-0.1, -0.05) is 54.1 Å². The van der Waals surface area contributed by atoms with E-state index >= 15 is 0 Å². The zero-order chi connectivity index (χ0) is 15.2. The van der Waals surface area contributed by atoms with Gasteiger partial charge in [-0.2, -0.15) is 0 Å². The normalized spacial score (nSPS) is 13.3. The smallest absolute Gasteiger partial charge is 0.261 e. The Bertz CT molecular complexity index is 601. The number of benzene rings is 2. The Kier molecular flexibility index (Phi) is 5.23. The SMILES string of the molecule is CC(Oc1ccccc1Cl)C(=O)N[C@@H](C)c1ccccc1. The number of halogens is 1. The lowest BCUT2D eigenvalue weighted by molar-refractivity contribution is -0.127. The van der Waals surface area contributed by atoms with Gasteiger partial charge in [0, 0.05) is 0 Å². The Morgan fingerprint density at radius 3 is 2.33 bits per heavy atom. The third kappa shape index (κ3) is 4.23. The van der Waals surface area contributed by atoms with E-state index in [2.05, 4.69) is 5.32 Å². The van der Waals surface area contributed by atoms with Crippen molar-refractivity contribution < 1.29 is 9.53 Å². The minimum absolute atomic E-state index is 0.0732. The van der Waals surface area contributed by atoms with E-state index in [-0.39, 0.29) is 11.9 Å². The highest BCUT2D eigenvalue weighted by Crippen LogP contribution is 2.24. The van der Waals surface area contributed by atoms with E-state index in [4.69, 9.17) is 16.3 Å². The van der Waals surface area contributed by atoms with Crippen molar-refractivity contribution in [2.75, 3.05) is 0 Å². The molecule has 0 aliphatic carbocycles. The Balaban J connectivity index is 1.95. The van der Waals surface area contributed by atoms with Crippen molar-refractivity contribution in [2.24, 2.45) is 0 Å². The molecule has 0 saturated heterocycles. The van der Waals surface area contributed by atoms with E-state index in [0.717, 1.165) is 5.56 Å². The Morgan fingerprint density at radius 1 is 1.05 bits per heavy atom. The number of para-hydroxylation sites is 1. The van der Waals surface area contributed by atoms with E-state index in [1.807, 2.05) is 49.4 Å². The molecule has 21 heavy (non-hydrogen) atoms. The molecule has 3 nitrogen and oxygen atoms in total. The molecule has 1 unspecified atom stereocenters. The van der Waals surface area contributed by atoms with Crippen LogP contribution in [0.5, 0.6) is 5.75 Å². The second-order valence-corrected chi connectivity index (χ2v) is 5.24. The number of hydrogen-bond donors (Lipinski definition) is 1. The van der Waals surface area contributed by atoms with Crippen LogP contribution in [0.25, 0.3) is 0 Å². The van der Waals surface area contributed by atoms with Gasteiger partial charge in [0.15, 0.2) is 6.10 Å². The molecule has 0 fully saturated rings. The molecule has 1 N–H and O–H groups in total. The fourth-order valence-corrected chi connectivity index (χ4v) is 2.12. The Morgan fingerprint density at radius 2 is 1.67 bits per heavy atom. The molecule has 0 saturated carbocycles. The molecule has 2 atom stereocenters. The highest BCUT2D eigenvalue weighted by molar-refractivity contribution is 6.32. The van der Waals surface area contributed by atoms with Crippen molar-refractivity contribution in [1.29, 1.82) is 0 Å². The molecule has 0 aromatic heterocycles. The minimum Gasteiger partial charge on any atom is -0.479 e. The van der Waals surface area contributed by atoms with Crippen molar-refractivity contribution in [2.45, 2.75) is 26.0 Å². The van der Waals surface area contributed by atoms with Crippen LogP contribution in [-0.4, -0.2) is 12.0 Å². The summed E-state index contributed by atoms with van der Waals surface area (Å²) >= 11 is 6.02. The molecule has 2 rings (SSSR count). The van der Waals surface area contributed by atoms with Crippen LogP contribution < -0.4 is 10.1 Å². The van der Waals surface area contributed by atoms with Crippen LogP contribution in [0.2, 0.25) is 5.02 Å². The molecule has 0 heterocycles. The number of amides is 1. The molecule has 1 amide bonds. The molecule has 0 aliphatic rings. The predicted molar refractivity (Wildman–Crippen MR) is 84.5 cm³/mol. The summed E-state index contributed by atoms with van der Waals surface area (Å²) in [6.07, 6.45) is -0.615. The van der Waals surface area contributed by atoms with E-state index in [1.54, 1.807) is 19.1 Å². The summed E-state index contributed by atoms with van der Waals surface area (Å²) in [6, 6.07) is 16.8. The summed E-state index contributed by atoms with van der Waals surface area (Å²) in [5.74, 6) is 0.334. The molecular weight excluding hydrogens is 286 g/mol. The van der Waals surface area contributed by atoms with E-state index < -0.39 is 6.10 Å². The second kappa shape index (κ2) is 7.14. The summed E-state index contributed by atoms with van der Waals surface area (Å²) < 4.78 is 5.60. The molecule has 0 radical (unpaired) electrons. The summed E-state index contributed by atoms with van der Waals surface area (Å²) in [5.41, 5.74) is 1.05. The van der Waals surface area contributed by atoms with E-state index in [9.17, 15) is 4.79 Å². The van der Waals surface area contributed by atoms with Gasteiger partial charge >= 0.3 is 0 Å². The van der Waals surface area contributed by atoms with Crippen LogP contribution in [0.15, 0.2) is 54.6 Å². The van der Waals surface area contributed by atoms with Gasteiger partial charge in [-0.3, -0.25) is 4.79 Å². The van der Waals surface area contributed by atoms with Crippen LogP contribution in [0.4, 0.5) is 0 Å². The van der Waals surface area contributed by atoms with Gasteiger partial charge in [0.05, 0.1) is 11.1 Å². The monoisotopic (exact) mass is 303 g/mol. The molecule has 110 valence electrons. The topological polar surface area (TPSA) is 38.3 Å². The number of hydrogen-bond acceptors (Lipinski definition) is 2. The number of nitrogens with one attached hydrogen (secondary N) is 1. The quantitative estimate of drug-likeness (QED) is 0.907. The van der Waals surface area contributed by atoms with Gasteiger partial charge in [-0.25, -0.2) is 0 Å². The van der Waals surface area contributed by atoms with Gasteiger partial charge in [0.2, 0.25) is 0 Å². The van der Waals surface area contributed by atoms with Crippen molar-refractivity contribution in [3.05, 3.63) is 65.2 Å². The number of carbonyl (C=O) groups is 1. The molecule has 0 spiro atoms. The fraction of sp³-hybridized carbons (Fsp3) is 0.235. The molecular formula is C17H18ClNO2. The Hall–Kier alpha value is -2.00. The van der Waals surface area contributed by atoms with Gasteiger partial charge in [0.1, 0.15) is 5.75 Å². The summed E-state index contributed by atoms with van der Waals surface area (Å²) in [7, 11) is 0. The summed E-state index contributed by atoms with van der Waals surface area (Å²) in [5, 5.41) is 3.42. The van der Waals surface area contributed by atoms with Crippen molar-refractivity contribution >= 4 is 17.5 Å². The van der Waals surface area contributed by atoms with Gasteiger partial charge in [0.25, 0.3) is 5.91 Å². The highest BCUT2D eigenvalue weighted by atomic mass is 35.5. The van der Waals surface area contributed by atoms with Crippen molar-refractivity contribution in [3.63, 3.8) is 0 Å². The predicted octanol–water partition coefficient (Wildman–Crippen LogP) is 3.98. The van der Waals surface area contributed by atoms with Crippen molar-refractivity contribution in [3.8, 4) is 5.75 Å². The summed E-state index contributed by atoms with van der Waals surface area (Å²) in [4.78, 5) is 12.2. The zero-order valence-electron chi connectivity index (χ0n) is 12.0. The van der Waals surface area contributed by atoms with Crippen LogP contribution in [-0.2, 0) is 4.79 Å². The maximum atomic E-state index is 12.2. The first-order valence-corrected chi connectivity index (χ1v) is 7.22. The maximum Gasteiger partial charge on any atom is 0.261 e. The van der Waals surface area contributed by atoms with Gasteiger partial charge < -0.3 is 10.1 Å². The lowest BCUT2D eigenvalue weighted by Crippen LogP contribution is -2.37. The molecule has 2 aromatic rings. The van der Waals surface area contributed by atoms with E-state index in [0.29, 0.717) is 10.8 Å². The van der Waals surface area contributed by atoms with Gasteiger partial charge in [-0.05, 0) is 31.5 Å². The third-order valence-corrected chi connectivity index (χ3v) is 3.48. The lowest BCUT2D eigenvalue weighted by Gasteiger charge is -2.19. The largest absolute Gasteiger partial charge is 0.479 e. The van der Waals surface area contributed by atoms with Crippen LogP contribution in [0.1, 0.15) is 25.5 Å². The molecule has 2 aromatic carbocycles. The average molecular weight is 304 g/mol. The number of carbonyl (C=O) groups excluding carboxylic acids is 1. The highest BCUT2D eigenvalue weighted by Gasteiger charge is 2.18. The first-order valence-electron chi connectivity index (χ1n) is 6.84. The molecule has 4 heteroatoms. The van der Waals surface area contributed by atoms with Crippen LogP contribution in [0.3, 0.4) is 0 Å².